The highest BCUT2D eigenvalue weighted by atomic mass is 16.2. The van der Waals surface area contributed by atoms with Crippen LogP contribution >= 0.6 is 0 Å². The number of fused-ring (bicyclic) bond motifs is 1. The molecular formula is C18H20N4O. The zero-order chi connectivity index (χ0) is 15.8. The van der Waals surface area contributed by atoms with Gasteiger partial charge in [0.05, 0.1) is 0 Å². The molecule has 2 heterocycles. The van der Waals surface area contributed by atoms with Gasteiger partial charge in [0.2, 0.25) is 0 Å². The number of rotatable bonds is 3. The van der Waals surface area contributed by atoms with Crippen LogP contribution in [0.4, 0.5) is 11.5 Å². The highest BCUT2D eigenvalue weighted by Crippen LogP contribution is 2.28. The molecule has 1 aliphatic heterocycles. The summed E-state index contributed by atoms with van der Waals surface area (Å²) in [5.41, 5.74) is 2.71. The standard InChI is InChI=1S/C18H20N4O/c1-12-19-15(11-17(20-12)21-14-8-9-14)18(23)22-10-4-6-13-5-2-3-7-16(13)22/h2-3,5,7,11,14H,4,6,8-10H2,1H3,(H,19,20,21). The van der Waals surface area contributed by atoms with Crippen LogP contribution in [-0.4, -0.2) is 28.5 Å². The Kier molecular flexibility index (Phi) is 3.48. The molecule has 1 saturated carbocycles. The summed E-state index contributed by atoms with van der Waals surface area (Å²) < 4.78 is 0. The van der Waals surface area contributed by atoms with E-state index in [1.54, 1.807) is 6.07 Å². The Morgan fingerprint density at radius 3 is 2.91 bits per heavy atom. The number of hydrogen-bond donors (Lipinski definition) is 1. The lowest BCUT2D eigenvalue weighted by atomic mass is 10.0. The monoisotopic (exact) mass is 308 g/mol. The van der Waals surface area contributed by atoms with E-state index >= 15 is 0 Å². The number of anilines is 2. The topological polar surface area (TPSA) is 58.1 Å². The quantitative estimate of drug-likeness (QED) is 0.947. The van der Waals surface area contributed by atoms with Crippen molar-refractivity contribution in [3.63, 3.8) is 0 Å². The van der Waals surface area contributed by atoms with Gasteiger partial charge in [0.25, 0.3) is 5.91 Å². The zero-order valence-electron chi connectivity index (χ0n) is 13.2. The molecule has 1 aromatic heterocycles. The first-order valence-electron chi connectivity index (χ1n) is 8.23. The van der Waals surface area contributed by atoms with Crippen molar-refractivity contribution >= 4 is 17.4 Å². The van der Waals surface area contributed by atoms with Gasteiger partial charge in [-0.3, -0.25) is 4.79 Å². The molecule has 1 aromatic carbocycles. The van der Waals surface area contributed by atoms with E-state index in [1.165, 1.54) is 18.4 Å². The normalized spacial score (nSPS) is 16.8. The second kappa shape index (κ2) is 5.65. The molecule has 118 valence electrons. The number of amides is 1. The number of nitrogens with one attached hydrogen (secondary N) is 1. The van der Waals surface area contributed by atoms with Crippen molar-refractivity contribution in [1.82, 2.24) is 9.97 Å². The van der Waals surface area contributed by atoms with E-state index in [4.69, 9.17) is 0 Å². The zero-order valence-corrected chi connectivity index (χ0v) is 13.2. The predicted octanol–water partition coefficient (Wildman–Crippen LogP) is 2.95. The number of hydrogen-bond acceptors (Lipinski definition) is 4. The van der Waals surface area contributed by atoms with Gasteiger partial charge in [-0.2, -0.15) is 0 Å². The van der Waals surface area contributed by atoms with E-state index in [9.17, 15) is 4.79 Å². The Hall–Kier alpha value is -2.43. The minimum atomic E-state index is -0.0403. The van der Waals surface area contributed by atoms with Crippen LogP contribution in [0.5, 0.6) is 0 Å². The molecule has 1 N–H and O–H groups in total. The third-order valence-electron chi connectivity index (χ3n) is 4.34. The van der Waals surface area contributed by atoms with Crippen molar-refractivity contribution in [2.24, 2.45) is 0 Å². The van der Waals surface area contributed by atoms with E-state index < -0.39 is 0 Å². The van der Waals surface area contributed by atoms with Gasteiger partial charge in [0.1, 0.15) is 17.3 Å². The Bertz CT molecular complexity index is 754. The molecule has 0 unspecified atom stereocenters. The molecule has 5 nitrogen and oxygen atoms in total. The smallest absolute Gasteiger partial charge is 0.277 e. The van der Waals surface area contributed by atoms with Gasteiger partial charge in [-0.05, 0) is 44.2 Å². The molecule has 2 aliphatic rings. The summed E-state index contributed by atoms with van der Waals surface area (Å²) in [5, 5.41) is 3.35. The molecule has 2 aromatic rings. The molecule has 23 heavy (non-hydrogen) atoms. The van der Waals surface area contributed by atoms with Gasteiger partial charge in [-0.1, -0.05) is 18.2 Å². The highest BCUT2D eigenvalue weighted by Gasteiger charge is 2.26. The predicted molar refractivity (Wildman–Crippen MR) is 89.9 cm³/mol. The molecule has 1 amide bonds. The summed E-state index contributed by atoms with van der Waals surface area (Å²) in [6.07, 6.45) is 4.36. The van der Waals surface area contributed by atoms with Gasteiger partial charge in [0.15, 0.2) is 0 Å². The van der Waals surface area contributed by atoms with Gasteiger partial charge in [-0.15, -0.1) is 0 Å². The van der Waals surface area contributed by atoms with Crippen molar-refractivity contribution in [3.05, 3.63) is 47.4 Å². The minimum Gasteiger partial charge on any atom is -0.367 e. The second-order valence-electron chi connectivity index (χ2n) is 6.29. The third-order valence-corrected chi connectivity index (χ3v) is 4.34. The minimum absolute atomic E-state index is 0.0403. The van der Waals surface area contributed by atoms with Crippen LogP contribution in [0, 0.1) is 6.92 Å². The van der Waals surface area contributed by atoms with E-state index in [2.05, 4.69) is 21.4 Å². The van der Waals surface area contributed by atoms with Crippen LogP contribution < -0.4 is 10.2 Å². The molecule has 0 radical (unpaired) electrons. The first-order chi connectivity index (χ1) is 11.2. The summed E-state index contributed by atoms with van der Waals surface area (Å²) in [5.74, 6) is 1.35. The SMILES string of the molecule is Cc1nc(NC2CC2)cc(C(=O)N2CCCc3ccccc32)n1. The van der Waals surface area contributed by atoms with Crippen LogP contribution in [-0.2, 0) is 6.42 Å². The summed E-state index contributed by atoms with van der Waals surface area (Å²) in [7, 11) is 0. The summed E-state index contributed by atoms with van der Waals surface area (Å²) in [4.78, 5) is 23.6. The lowest BCUT2D eigenvalue weighted by Crippen LogP contribution is -2.36. The Labute approximate surface area is 135 Å². The molecule has 0 spiro atoms. The van der Waals surface area contributed by atoms with Gasteiger partial charge < -0.3 is 10.2 Å². The van der Waals surface area contributed by atoms with Crippen molar-refractivity contribution in [3.8, 4) is 0 Å². The third kappa shape index (κ3) is 2.91. The average Bonchev–Trinajstić information content (AvgIpc) is 3.37. The summed E-state index contributed by atoms with van der Waals surface area (Å²) >= 11 is 0. The Morgan fingerprint density at radius 1 is 1.26 bits per heavy atom. The maximum absolute atomic E-state index is 13.0. The first kappa shape index (κ1) is 14.2. The van der Waals surface area contributed by atoms with Crippen molar-refractivity contribution in [2.75, 3.05) is 16.8 Å². The number of aromatic nitrogens is 2. The molecule has 0 bridgehead atoms. The lowest BCUT2D eigenvalue weighted by Gasteiger charge is -2.29. The van der Waals surface area contributed by atoms with E-state index in [-0.39, 0.29) is 5.91 Å². The average molecular weight is 308 g/mol. The fraction of sp³-hybridized carbons (Fsp3) is 0.389. The van der Waals surface area contributed by atoms with Crippen LogP contribution in [0.25, 0.3) is 0 Å². The number of carbonyl (C=O) groups excluding carboxylic acids is 1. The van der Waals surface area contributed by atoms with E-state index in [0.717, 1.165) is 30.9 Å². The summed E-state index contributed by atoms with van der Waals surface area (Å²) in [6, 6.07) is 10.4. The van der Waals surface area contributed by atoms with Gasteiger partial charge in [0, 0.05) is 24.3 Å². The van der Waals surface area contributed by atoms with Crippen LogP contribution in [0.15, 0.2) is 30.3 Å². The molecule has 5 heteroatoms. The molecule has 0 saturated heterocycles. The summed E-state index contributed by atoms with van der Waals surface area (Å²) in [6.45, 7) is 2.57. The largest absolute Gasteiger partial charge is 0.367 e. The van der Waals surface area contributed by atoms with Crippen LogP contribution in [0.1, 0.15) is 41.1 Å². The van der Waals surface area contributed by atoms with Crippen LogP contribution in [0.2, 0.25) is 0 Å². The fourth-order valence-corrected chi connectivity index (χ4v) is 3.07. The molecule has 0 atom stereocenters. The van der Waals surface area contributed by atoms with Gasteiger partial charge in [-0.25, -0.2) is 9.97 Å². The van der Waals surface area contributed by atoms with Crippen LogP contribution in [0.3, 0.4) is 0 Å². The Balaban J connectivity index is 1.65. The fourth-order valence-electron chi connectivity index (χ4n) is 3.07. The highest BCUT2D eigenvalue weighted by molar-refractivity contribution is 6.05. The number of aryl methyl sites for hydroxylation is 2. The maximum Gasteiger partial charge on any atom is 0.277 e. The van der Waals surface area contributed by atoms with Gasteiger partial charge >= 0.3 is 0 Å². The second-order valence-corrected chi connectivity index (χ2v) is 6.29. The molecule has 1 aliphatic carbocycles. The van der Waals surface area contributed by atoms with E-state index in [0.29, 0.717) is 17.6 Å². The number of nitrogens with zero attached hydrogens (tertiary/aromatic N) is 3. The molecule has 1 fully saturated rings. The lowest BCUT2D eigenvalue weighted by molar-refractivity contribution is 0.0980. The first-order valence-corrected chi connectivity index (χ1v) is 8.23. The van der Waals surface area contributed by atoms with Crippen molar-refractivity contribution in [1.29, 1.82) is 0 Å². The van der Waals surface area contributed by atoms with E-state index in [1.807, 2.05) is 30.0 Å². The molecular weight excluding hydrogens is 288 g/mol. The van der Waals surface area contributed by atoms with Crippen molar-refractivity contribution < 1.29 is 4.79 Å². The maximum atomic E-state index is 13.0. The number of benzene rings is 1. The van der Waals surface area contributed by atoms with Crippen molar-refractivity contribution in [2.45, 2.75) is 38.6 Å². The number of carbonyl (C=O) groups is 1. The molecule has 4 rings (SSSR count). The number of para-hydroxylation sites is 1. The Morgan fingerprint density at radius 2 is 2.09 bits per heavy atom.